The summed E-state index contributed by atoms with van der Waals surface area (Å²) >= 11 is 5.04. The van der Waals surface area contributed by atoms with Crippen LogP contribution in [-0.4, -0.2) is 28.3 Å². The first kappa shape index (κ1) is 12.2. The number of aliphatic carboxylic acids is 1. The first-order valence-electron chi connectivity index (χ1n) is 5.39. The minimum absolute atomic E-state index is 0.416. The summed E-state index contributed by atoms with van der Waals surface area (Å²) in [6.45, 7) is 1.58. The lowest BCUT2D eigenvalue weighted by atomic mass is 9.96. The van der Waals surface area contributed by atoms with Crippen molar-refractivity contribution in [3.05, 3.63) is 0 Å². The van der Waals surface area contributed by atoms with Crippen LogP contribution in [0.5, 0.6) is 0 Å². The molecule has 0 radical (unpaired) electrons. The van der Waals surface area contributed by atoms with Crippen molar-refractivity contribution in [2.24, 2.45) is 0 Å². The molecule has 0 aliphatic heterocycles. The zero-order valence-electron chi connectivity index (χ0n) is 8.95. The second-order valence-corrected chi connectivity index (χ2v) is 4.42. The van der Waals surface area contributed by atoms with Gasteiger partial charge in [-0.2, -0.15) is 0 Å². The molecule has 0 bridgehead atoms. The summed E-state index contributed by atoms with van der Waals surface area (Å²) in [7, 11) is 0. The topological polar surface area (TPSA) is 61.4 Å². The predicted octanol–water partition coefficient (Wildman–Crippen LogP) is 1.26. The highest BCUT2D eigenvalue weighted by Crippen LogP contribution is 2.17. The molecule has 0 spiro atoms. The van der Waals surface area contributed by atoms with Gasteiger partial charge in [0, 0.05) is 6.04 Å². The van der Waals surface area contributed by atoms with Crippen LogP contribution in [0.25, 0.3) is 0 Å². The Balaban J connectivity index is 2.25. The van der Waals surface area contributed by atoms with Crippen LogP contribution in [0.3, 0.4) is 0 Å². The normalized spacial score (nSPS) is 19.3. The van der Waals surface area contributed by atoms with Gasteiger partial charge in [0.2, 0.25) is 0 Å². The van der Waals surface area contributed by atoms with E-state index in [-0.39, 0.29) is 0 Å². The molecule has 0 aromatic carbocycles. The zero-order chi connectivity index (χ0) is 11.3. The molecular formula is C10H18N2O2S. The second kappa shape index (κ2) is 5.90. The van der Waals surface area contributed by atoms with Crippen LogP contribution in [0.4, 0.5) is 0 Å². The van der Waals surface area contributed by atoms with Crippen LogP contribution in [-0.2, 0) is 4.79 Å². The van der Waals surface area contributed by atoms with E-state index in [9.17, 15) is 4.79 Å². The molecule has 1 fully saturated rings. The Hall–Kier alpha value is -0.840. The molecule has 3 N–H and O–H groups in total. The lowest BCUT2D eigenvalue weighted by Crippen LogP contribution is -2.48. The Morgan fingerprint density at radius 2 is 2.00 bits per heavy atom. The quantitative estimate of drug-likeness (QED) is 0.637. The standard InChI is InChI=1S/C10H18N2O2S/c1-7(9(13)14)11-10(15)12-8-5-3-2-4-6-8/h7-8H,2-6H2,1H3,(H,13,14)(H2,11,12,15). The Morgan fingerprint density at radius 1 is 1.40 bits per heavy atom. The third kappa shape index (κ3) is 4.46. The van der Waals surface area contributed by atoms with E-state index in [1.807, 2.05) is 0 Å². The van der Waals surface area contributed by atoms with Crippen molar-refractivity contribution in [3.8, 4) is 0 Å². The Morgan fingerprint density at radius 3 is 2.53 bits per heavy atom. The van der Waals surface area contributed by atoms with Crippen LogP contribution in [0.1, 0.15) is 39.0 Å². The molecule has 1 unspecified atom stereocenters. The van der Waals surface area contributed by atoms with Gasteiger partial charge in [0.05, 0.1) is 0 Å². The fourth-order valence-corrected chi connectivity index (χ4v) is 2.08. The van der Waals surface area contributed by atoms with Gasteiger partial charge < -0.3 is 15.7 Å². The minimum atomic E-state index is -0.886. The van der Waals surface area contributed by atoms with Gasteiger partial charge in [-0.15, -0.1) is 0 Å². The highest BCUT2D eigenvalue weighted by atomic mass is 32.1. The highest BCUT2D eigenvalue weighted by Gasteiger charge is 2.16. The largest absolute Gasteiger partial charge is 0.480 e. The minimum Gasteiger partial charge on any atom is -0.480 e. The van der Waals surface area contributed by atoms with E-state index in [1.165, 1.54) is 19.3 Å². The van der Waals surface area contributed by atoms with E-state index in [0.29, 0.717) is 11.2 Å². The molecule has 0 heterocycles. The Bertz CT molecular complexity index is 240. The molecule has 86 valence electrons. The first-order chi connectivity index (χ1) is 7.09. The van der Waals surface area contributed by atoms with E-state index >= 15 is 0 Å². The van der Waals surface area contributed by atoms with Gasteiger partial charge in [0.25, 0.3) is 0 Å². The van der Waals surface area contributed by atoms with Crippen molar-refractivity contribution in [1.82, 2.24) is 10.6 Å². The van der Waals surface area contributed by atoms with Crippen molar-refractivity contribution in [3.63, 3.8) is 0 Å². The number of hydrogen-bond acceptors (Lipinski definition) is 2. The molecule has 4 nitrogen and oxygen atoms in total. The van der Waals surface area contributed by atoms with Crippen molar-refractivity contribution in [2.75, 3.05) is 0 Å². The van der Waals surface area contributed by atoms with Crippen LogP contribution in [0.2, 0.25) is 0 Å². The number of thiocarbonyl (C=S) groups is 1. The molecule has 1 atom stereocenters. The lowest BCUT2D eigenvalue weighted by molar-refractivity contribution is -0.138. The number of nitrogens with one attached hydrogen (secondary N) is 2. The maximum absolute atomic E-state index is 10.6. The zero-order valence-corrected chi connectivity index (χ0v) is 9.77. The van der Waals surface area contributed by atoms with Crippen LogP contribution in [0, 0.1) is 0 Å². The molecule has 0 aromatic rings. The Kier molecular flexibility index (Phi) is 4.81. The summed E-state index contributed by atoms with van der Waals surface area (Å²) in [5.74, 6) is -0.886. The average molecular weight is 230 g/mol. The summed E-state index contributed by atoms with van der Waals surface area (Å²) in [5, 5.41) is 15.1. The second-order valence-electron chi connectivity index (χ2n) is 4.01. The molecule has 1 rings (SSSR count). The van der Waals surface area contributed by atoms with Gasteiger partial charge in [-0.3, -0.25) is 4.79 Å². The van der Waals surface area contributed by atoms with Gasteiger partial charge in [-0.1, -0.05) is 19.3 Å². The van der Waals surface area contributed by atoms with E-state index in [1.54, 1.807) is 6.92 Å². The van der Waals surface area contributed by atoms with E-state index in [4.69, 9.17) is 17.3 Å². The summed E-state index contributed by atoms with van der Waals surface area (Å²) in [6.07, 6.45) is 6.01. The van der Waals surface area contributed by atoms with E-state index in [2.05, 4.69) is 10.6 Å². The summed E-state index contributed by atoms with van der Waals surface area (Å²) in [4.78, 5) is 10.6. The predicted molar refractivity (Wildman–Crippen MR) is 62.8 cm³/mol. The highest BCUT2D eigenvalue weighted by molar-refractivity contribution is 7.80. The van der Waals surface area contributed by atoms with Crippen molar-refractivity contribution >= 4 is 23.3 Å². The fraction of sp³-hybridized carbons (Fsp3) is 0.800. The van der Waals surface area contributed by atoms with Crippen molar-refractivity contribution in [1.29, 1.82) is 0 Å². The number of carboxylic acids is 1. The third-order valence-corrected chi connectivity index (χ3v) is 2.89. The Labute approximate surface area is 95.4 Å². The van der Waals surface area contributed by atoms with Crippen LogP contribution in [0.15, 0.2) is 0 Å². The summed E-state index contributed by atoms with van der Waals surface area (Å²) in [5.41, 5.74) is 0. The molecular weight excluding hydrogens is 212 g/mol. The van der Waals surface area contributed by atoms with Crippen LogP contribution < -0.4 is 10.6 Å². The average Bonchev–Trinajstić information content (AvgIpc) is 2.18. The first-order valence-corrected chi connectivity index (χ1v) is 5.80. The SMILES string of the molecule is CC(NC(=S)NC1CCCCC1)C(=O)O. The molecule has 5 heteroatoms. The van der Waals surface area contributed by atoms with E-state index < -0.39 is 12.0 Å². The molecule has 15 heavy (non-hydrogen) atoms. The van der Waals surface area contributed by atoms with Gasteiger partial charge >= 0.3 is 5.97 Å². The van der Waals surface area contributed by atoms with E-state index in [0.717, 1.165) is 12.8 Å². The number of hydrogen-bond donors (Lipinski definition) is 3. The fourth-order valence-electron chi connectivity index (χ4n) is 1.73. The smallest absolute Gasteiger partial charge is 0.325 e. The third-order valence-electron chi connectivity index (χ3n) is 2.66. The van der Waals surface area contributed by atoms with Gasteiger partial charge in [0.1, 0.15) is 6.04 Å². The molecule has 1 aliphatic carbocycles. The number of carbonyl (C=O) groups is 1. The van der Waals surface area contributed by atoms with Gasteiger partial charge in [-0.25, -0.2) is 0 Å². The number of carboxylic acid groups (broad SMARTS) is 1. The molecule has 1 saturated carbocycles. The van der Waals surface area contributed by atoms with Crippen LogP contribution >= 0.6 is 12.2 Å². The molecule has 0 aromatic heterocycles. The van der Waals surface area contributed by atoms with Gasteiger partial charge in [0.15, 0.2) is 5.11 Å². The summed E-state index contributed by atoms with van der Waals surface area (Å²) < 4.78 is 0. The monoisotopic (exact) mass is 230 g/mol. The van der Waals surface area contributed by atoms with Crippen molar-refractivity contribution in [2.45, 2.75) is 51.1 Å². The number of rotatable bonds is 3. The molecule has 0 amide bonds. The van der Waals surface area contributed by atoms with Crippen molar-refractivity contribution < 1.29 is 9.90 Å². The maximum atomic E-state index is 10.6. The lowest BCUT2D eigenvalue weighted by Gasteiger charge is -2.25. The molecule has 1 aliphatic rings. The van der Waals surface area contributed by atoms with Gasteiger partial charge in [-0.05, 0) is 32.0 Å². The molecule has 0 saturated heterocycles. The summed E-state index contributed by atoms with van der Waals surface area (Å²) in [6, 6.07) is -0.215. The maximum Gasteiger partial charge on any atom is 0.325 e.